The highest BCUT2D eigenvalue weighted by atomic mass is 16.4. The molecule has 0 aromatic heterocycles. The van der Waals surface area contributed by atoms with Gasteiger partial charge in [-0.3, -0.25) is 0 Å². The van der Waals surface area contributed by atoms with Gasteiger partial charge in [-0.2, -0.15) is 0 Å². The van der Waals surface area contributed by atoms with E-state index in [1.165, 1.54) is 38.5 Å². The van der Waals surface area contributed by atoms with E-state index in [4.69, 9.17) is 5.21 Å². The van der Waals surface area contributed by atoms with E-state index < -0.39 is 6.10 Å². The summed E-state index contributed by atoms with van der Waals surface area (Å²) in [5.74, 6) is 0.861. The van der Waals surface area contributed by atoms with Crippen LogP contribution in [0.1, 0.15) is 97.8 Å². The standard InChI is InChI=1S/C18H37NO2/c1-4-7-8-12-15-18(20)17(19-21)14-11-9-10-13-16(5-2)6-3/h16,18,20-21H,4-15H2,1-3H3. The zero-order valence-corrected chi connectivity index (χ0v) is 14.5. The Kier molecular flexibility index (Phi) is 14.0. The van der Waals surface area contributed by atoms with Gasteiger partial charge in [0.15, 0.2) is 0 Å². The molecule has 2 N–H and O–H groups in total. The molecule has 0 aliphatic rings. The maximum atomic E-state index is 10.0. The fraction of sp³-hybridized carbons (Fsp3) is 0.944. The quantitative estimate of drug-likeness (QED) is 0.192. The first kappa shape index (κ1) is 20.4. The molecule has 1 unspecified atom stereocenters. The molecule has 0 aliphatic carbocycles. The van der Waals surface area contributed by atoms with Gasteiger partial charge in [-0.1, -0.05) is 83.7 Å². The second kappa shape index (κ2) is 14.4. The number of unbranched alkanes of at least 4 members (excludes halogenated alkanes) is 5. The van der Waals surface area contributed by atoms with E-state index in [0.29, 0.717) is 5.71 Å². The van der Waals surface area contributed by atoms with E-state index >= 15 is 0 Å². The van der Waals surface area contributed by atoms with E-state index in [0.717, 1.165) is 44.4 Å². The lowest BCUT2D eigenvalue weighted by atomic mass is 9.95. The van der Waals surface area contributed by atoms with Gasteiger partial charge in [-0.25, -0.2) is 0 Å². The minimum atomic E-state index is -0.550. The molecule has 1 atom stereocenters. The van der Waals surface area contributed by atoms with Gasteiger partial charge >= 0.3 is 0 Å². The molecule has 0 aliphatic heterocycles. The molecule has 0 saturated carbocycles. The fourth-order valence-electron chi connectivity index (χ4n) is 2.83. The number of rotatable bonds is 14. The number of hydrogen-bond donors (Lipinski definition) is 2. The topological polar surface area (TPSA) is 52.8 Å². The highest BCUT2D eigenvalue weighted by Crippen LogP contribution is 2.18. The van der Waals surface area contributed by atoms with Crippen molar-refractivity contribution < 1.29 is 10.3 Å². The first-order valence-corrected chi connectivity index (χ1v) is 9.08. The molecule has 0 rings (SSSR count). The van der Waals surface area contributed by atoms with Gasteiger partial charge in [0.05, 0.1) is 11.8 Å². The van der Waals surface area contributed by atoms with E-state index in [9.17, 15) is 5.11 Å². The molecule has 0 bridgehead atoms. The summed E-state index contributed by atoms with van der Waals surface area (Å²) in [5, 5.41) is 22.4. The van der Waals surface area contributed by atoms with Crippen LogP contribution in [0.25, 0.3) is 0 Å². The third-order valence-corrected chi connectivity index (χ3v) is 4.54. The van der Waals surface area contributed by atoms with Gasteiger partial charge in [-0.05, 0) is 25.2 Å². The smallest absolute Gasteiger partial charge is 0.0954 e. The maximum Gasteiger partial charge on any atom is 0.0954 e. The molecule has 0 aromatic carbocycles. The van der Waals surface area contributed by atoms with Crippen LogP contribution >= 0.6 is 0 Å². The van der Waals surface area contributed by atoms with Crippen LogP contribution in [-0.2, 0) is 0 Å². The van der Waals surface area contributed by atoms with E-state index in [2.05, 4.69) is 25.9 Å². The normalized spacial score (nSPS) is 13.9. The van der Waals surface area contributed by atoms with Crippen molar-refractivity contribution in [2.45, 2.75) is 104 Å². The van der Waals surface area contributed by atoms with Crippen molar-refractivity contribution in [3.05, 3.63) is 0 Å². The summed E-state index contributed by atoms with van der Waals surface area (Å²) in [7, 11) is 0. The SMILES string of the molecule is CCCCCCC(O)C(CCCCCC(CC)CC)=NO. The summed E-state index contributed by atoms with van der Waals surface area (Å²) in [4.78, 5) is 0. The highest BCUT2D eigenvalue weighted by Gasteiger charge is 2.13. The fourth-order valence-corrected chi connectivity index (χ4v) is 2.83. The zero-order valence-electron chi connectivity index (χ0n) is 14.5. The average Bonchev–Trinajstić information content (AvgIpc) is 2.51. The summed E-state index contributed by atoms with van der Waals surface area (Å²) in [6, 6.07) is 0. The predicted octanol–water partition coefficient (Wildman–Crippen LogP) is 5.53. The molecular weight excluding hydrogens is 262 g/mol. The van der Waals surface area contributed by atoms with Crippen LogP contribution in [-0.4, -0.2) is 22.1 Å². The molecule has 0 radical (unpaired) electrons. The van der Waals surface area contributed by atoms with E-state index in [1.54, 1.807) is 0 Å². The zero-order chi connectivity index (χ0) is 15.9. The third-order valence-electron chi connectivity index (χ3n) is 4.54. The number of aliphatic hydroxyl groups is 1. The van der Waals surface area contributed by atoms with Crippen LogP contribution in [0.3, 0.4) is 0 Å². The number of nitrogens with zero attached hydrogens (tertiary/aromatic N) is 1. The maximum absolute atomic E-state index is 10.0. The highest BCUT2D eigenvalue weighted by molar-refractivity contribution is 5.87. The van der Waals surface area contributed by atoms with Gasteiger partial charge in [-0.15, -0.1) is 0 Å². The van der Waals surface area contributed by atoms with E-state index in [1.807, 2.05) is 0 Å². The summed E-state index contributed by atoms with van der Waals surface area (Å²) in [5.41, 5.74) is 0.578. The molecule has 126 valence electrons. The minimum absolute atomic E-state index is 0.550. The second-order valence-corrected chi connectivity index (χ2v) is 6.24. The summed E-state index contributed by atoms with van der Waals surface area (Å²) in [6.45, 7) is 6.71. The van der Waals surface area contributed by atoms with Crippen LogP contribution in [0.4, 0.5) is 0 Å². The van der Waals surface area contributed by atoms with Crippen LogP contribution in [0.15, 0.2) is 5.16 Å². The molecule has 3 heteroatoms. The van der Waals surface area contributed by atoms with Crippen molar-refractivity contribution in [2.24, 2.45) is 11.1 Å². The van der Waals surface area contributed by atoms with E-state index in [-0.39, 0.29) is 0 Å². The van der Waals surface area contributed by atoms with Crippen LogP contribution in [0.5, 0.6) is 0 Å². The third kappa shape index (κ3) is 10.8. The van der Waals surface area contributed by atoms with Gasteiger partial charge in [0, 0.05) is 0 Å². The van der Waals surface area contributed by atoms with Gasteiger partial charge in [0.1, 0.15) is 0 Å². The Labute approximate surface area is 131 Å². The minimum Gasteiger partial charge on any atom is -0.411 e. The van der Waals surface area contributed by atoms with Crippen molar-refractivity contribution in [1.29, 1.82) is 0 Å². The van der Waals surface area contributed by atoms with Crippen molar-refractivity contribution in [2.75, 3.05) is 0 Å². The molecule has 3 nitrogen and oxygen atoms in total. The second-order valence-electron chi connectivity index (χ2n) is 6.24. The molecule has 0 spiro atoms. The molecule has 0 heterocycles. The molecular formula is C18H37NO2. The van der Waals surface area contributed by atoms with Crippen molar-refractivity contribution in [3.63, 3.8) is 0 Å². The molecule has 0 fully saturated rings. The molecule has 0 saturated heterocycles. The Balaban J connectivity index is 3.74. The summed E-state index contributed by atoms with van der Waals surface area (Å²) >= 11 is 0. The van der Waals surface area contributed by atoms with Gasteiger partial charge in [0.2, 0.25) is 0 Å². The molecule has 0 aromatic rings. The van der Waals surface area contributed by atoms with Crippen molar-refractivity contribution in [1.82, 2.24) is 0 Å². The van der Waals surface area contributed by atoms with Crippen molar-refractivity contribution >= 4 is 5.71 Å². The lowest BCUT2D eigenvalue weighted by Gasteiger charge is -2.13. The Morgan fingerprint density at radius 2 is 1.48 bits per heavy atom. The number of hydrogen-bond acceptors (Lipinski definition) is 3. The molecule has 0 amide bonds. The largest absolute Gasteiger partial charge is 0.411 e. The lowest BCUT2D eigenvalue weighted by molar-refractivity contribution is 0.213. The molecule has 21 heavy (non-hydrogen) atoms. The Hall–Kier alpha value is -0.570. The van der Waals surface area contributed by atoms with Crippen molar-refractivity contribution in [3.8, 4) is 0 Å². The predicted molar refractivity (Wildman–Crippen MR) is 91.1 cm³/mol. The Bertz CT molecular complexity index is 250. The summed E-state index contributed by atoms with van der Waals surface area (Å²) < 4.78 is 0. The summed E-state index contributed by atoms with van der Waals surface area (Å²) in [6.07, 6.45) is 12.8. The monoisotopic (exact) mass is 299 g/mol. The van der Waals surface area contributed by atoms with Crippen LogP contribution in [0.2, 0.25) is 0 Å². The van der Waals surface area contributed by atoms with Gasteiger partial charge < -0.3 is 10.3 Å². The number of oxime groups is 1. The van der Waals surface area contributed by atoms with Crippen LogP contribution < -0.4 is 0 Å². The Morgan fingerprint density at radius 1 is 0.857 bits per heavy atom. The number of aliphatic hydroxyl groups excluding tert-OH is 1. The first-order valence-electron chi connectivity index (χ1n) is 9.08. The Morgan fingerprint density at radius 3 is 2.05 bits per heavy atom. The lowest BCUT2D eigenvalue weighted by Crippen LogP contribution is -2.20. The first-order chi connectivity index (χ1) is 10.2. The van der Waals surface area contributed by atoms with Gasteiger partial charge in [0.25, 0.3) is 0 Å². The average molecular weight is 299 g/mol. The van der Waals surface area contributed by atoms with Crippen LogP contribution in [0, 0.1) is 5.92 Å².